The molecule has 0 spiro atoms. The number of anilines is 1. The number of ketones is 1. The van der Waals surface area contributed by atoms with Gasteiger partial charge in [-0.3, -0.25) is 4.79 Å². The molecular weight excluding hydrogens is 362 g/mol. The van der Waals surface area contributed by atoms with Crippen LogP contribution in [0.1, 0.15) is 70.3 Å². The molecule has 2 aromatic rings. The first-order chi connectivity index (χ1) is 13.8. The van der Waals surface area contributed by atoms with Crippen LogP contribution in [0.25, 0.3) is 10.9 Å². The van der Waals surface area contributed by atoms with Crippen LogP contribution in [-0.4, -0.2) is 16.9 Å². The van der Waals surface area contributed by atoms with Gasteiger partial charge in [0, 0.05) is 22.2 Å². The Morgan fingerprint density at radius 2 is 1.97 bits per heavy atom. The fraction of sp³-hybridized carbons (Fsp3) is 0.458. The van der Waals surface area contributed by atoms with Gasteiger partial charge in [0.2, 0.25) is 5.78 Å². The fourth-order valence-corrected chi connectivity index (χ4v) is 3.42. The Morgan fingerprint density at radius 3 is 2.55 bits per heavy atom. The number of carbonyl (C=O) groups is 1. The molecule has 2 unspecified atom stereocenters. The third-order valence-corrected chi connectivity index (χ3v) is 5.45. The Hall–Kier alpha value is -2.69. The standard InChI is InChI=1S/C24H35N3O2/c1-6-9-18(11-10-15(4)7-2)29-23-13-17-12-22(27-21(17)14-20(23)26)24(28)19(8-3)16(5)25/h8,12-15,18,27H,3,6-7,9-11,25-26H2,1-2,4-5H3/b19-16-. The predicted octanol–water partition coefficient (Wildman–Crippen LogP) is 5.73. The van der Waals surface area contributed by atoms with Crippen molar-refractivity contribution in [3.8, 4) is 5.75 Å². The summed E-state index contributed by atoms with van der Waals surface area (Å²) in [5.74, 6) is 1.18. The van der Waals surface area contributed by atoms with Gasteiger partial charge in [0.05, 0.1) is 17.5 Å². The van der Waals surface area contributed by atoms with E-state index < -0.39 is 0 Å². The van der Waals surface area contributed by atoms with Crippen molar-refractivity contribution >= 4 is 22.4 Å². The van der Waals surface area contributed by atoms with E-state index in [9.17, 15) is 4.79 Å². The van der Waals surface area contributed by atoms with Crippen LogP contribution < -0.4 is 16.2 Å². The number of aromatic nitrogens is 1. The van der Waals surface area contributed by atoms with Gasteiger partial charge in [-0.25, -0.2) is 0 Å². The first-order valence-electron chi connectivity index (χ1n) is 10.5. The van der Waals surface area contributed by atoms with Crippen molar-refractivity contribution in [1.29, 1.82) is 0 Å². The van der Waals surface area contributed by atoms with Crippen LogP contribution in [0.3, 0.4) is 0 Å². The van der Waals surface area contributed by atoms with Crippen molar-refractivity contribution in [1.82, 2.24) is 4.98 Å². The van der Waals surface area contributed by atoms with Crippen LogP contribution in [0.4, 0.5) is 5.69 Å². The predicted molar refractivity (Wildman–Crippen MR) is 122 cm³/mol. The van der Waals surface area contributed by atoms with Gasteiger partial charge in [0.25, 0.3) is 0 Å². The molecule has 1 aromatic carbocycles. The third kappa shape index (κ3) is 5.66. The van der Waals surface area contributed by atoms with Gasteiger partial charge < -0.3 is 21.2 Å². The molecule has 0 saturated heterocycles. The fourth-order valence-electron chi connectivity index (χ4n) is 3.42. The Bertz CT molecular complexity index is 891. The van der Waals surface area contributed by atoms with E-state index in [2.05, 4.69) is 32.3 Å². The summed E-state index contributed by atoms with van der Waals surface area (Å²) < 4.78 is 6.30. The Balaban J connectivity index is 2.29. The lowest BCUT2D eigenvalue weighted by atomic mass is 9.98. The van der Waals surface area contributed by atoms with Crippen LogP contribution in [-0.2, 0) is 0 Å². The number of nitrogens with one attached hydrogen (secondary N) is 1. The Kier molecular flexibility index (Phi) is 7.94. The zero-order chi connectivity index (χ0) is 21.6. The number of hydrogen-bond acceptors (Lipinski definition) is 4. The van der Waals surface area contributed by atoms with Crippen molar-refractivity contribution in [2.24, 2.45) is 11.7 Å². The van der Waals surface area contributed by atoms with Crippen molar-refractivity contribution < 1.29 is 9.53 Å². The molecule has 0 radical (unpaired) electrons. The minimum atomic E-state index is -0.186. The number of H-pyrrole nitrogens is 1. The third-order valence-electron chi connectivity index (χ3n) is 5.45. The number of nitrogen functional groups attached to an aromatic ring is 1. The van der Waals surface area contributed by atoms with Crippen molar-refractivity contribution in [3.63, 3.8) is 0 Å². The van der Waals surface area contributed by atoms with Gasteiger partial charge in [-0.1, -0.05) is 46.3 Å². The van der Waals surface area contributed by atoms with E-state index >= 15 is 0 Å². The SMILES string of the molecule is C=C/C(C(=O)c1cc2cc(OC(CCC)CCC(C)CC)c(N)cc2[nH]1)=C(\C)N. The highest BCUT2D eigenvalue weighted by Crippen LogP contribution is 2.31. The van der Waals surface area contributed by atoms with Crippen molar-refractivity contribution in [2.75, 3.05) is 5.73 Å². The van der Waals surface area contributed by atoms with E-state index in [4.69, 9.17) is 16.2 Å². The molecule has 0 fully saturated rings. The smallest absolute Gasteiger partial charge is 0.210 e. The van der Waals surface area contributed by atoms with E-state index in [0.29, 0.717) is 34.3 Å². The summed E-state index contributed by atoms with van der Waals surface area (Å²) in [5.41, 5.74) is 14.7. The van der Waals surface area contributed by atoms with Gasteiger partial charge in [-0.05, 0) is 50.3 Å². The molecule has 158 valence electrons. The largest absolute Gasteiger partial charge is 0.488 e. The van der Waals surface area contributed by atoms with Crippen LogP contribution >= 0.6 is 0 Å². The van der Waals surface area contributed by atoms with Gasteiger partial charge in [-0.2, -0.15) is 0 Å². The number of carbonyl (C=O) groups excluding carboxylic acids is 1. The van der Waals surface area contributed by atoms with Crippen LogP contribution in [0.5, 0.6) is 5.75 Å². The lowest BCUT2D eigenvalue weighted by molar-refractivity contribution is 0.103. The monoisotopic (exact) mass is 397 g/mol. The minimum Gasteiger partial charge on any atom is -0.488 e. The van der Waals surface area contributed by atoms with Crippen LogP contribution in [0, 0.1) is 5.92 Å². The molecule has 1 aromatic heterocycles. The molecule has 1 heterocycles. The summed E-state index contributed by atoms with van der Waals surface area (Å²) in [6.45, 7) is 12.0. The molecular formula is C24H35N3O2. The molecule has 0 aliphatic heterocycles. The maximum Gasteiger partial charge on any atom is 0.210 e. The number of ether oxygens (including phenoxy) is 1. The van der Waals surface area contributed by atoms with Gasteiger partial charge in [0.15, 0.2) is 0 Å². The average Bonchev–Trinajstić information content (AvgIpc) is 3.09. The molecule has 5 N–H and O–H groups in total. The maximum atomic E-state index is 12.7. The number of fused-ring (bicyclic) bond motifs is 1. The molecule has 29 heavy (non-hydrogen) atoms. The zero-order valence-corrected chi connectivity index (χ0v) is 18.2. The average molecular weight is 398 g/mol. The molecule has 0 aliphatic rings. The topological polar surface area (TPSA) is 94.1 Å². The highest BCUT2D eigenvalue weighted by atomic mass is 16.5. The molecule has 0 saturated carbocycles. The van der Waals surface area contributed by atoms with Gasteiger partial charge >= 0.3 is 0 Å². The number of Topliss-reactive ketones (excluding diaryl/α,β-unsaturated/α-hetero) is 1. The summed E-state index contributed by atoms with van der Waals surface area (Å²) in [6.07, 6.45) is 7.01. The van der Waals surface area contributed by atoms with Crippen LogP contribution in [0.2, 0.25) is 0 Å². The lowest BCUT2D eigenvalue weighted by Crippen LogP contribution is -2.18. The second-order valence-electron chi connectivity index (χ2n) is 7.91. The van der Waals surface area contributed by atoms with E-state index in [1.807, 2.05) is 18.2 Å². The Morgan fingerprint density at radius 1 is 1.24 bits per heavy atom. The highest BCUT2D eigenvalue weighted by molar-refractivity contribution is 6.12. The van der Waals surface area contributed by atoms with Crippen LogP contribution in [0.15, 0.2) is 42.1 Å². The molecule has 0 aliphatic carbocycles. The normalized spacial score (nSPS) is 14.3. The Labute approximate surface area is 174 Å². The molecule has 2 rings (SSSR count). The van der Waals surface area contributed by atoms with Gasteiger partial charge in [0.1, 0.15) is 5.75 Å². The molecule has 0 bridgehead atoms. The summed E-state index contributed by atoms with van der Waals surface area (Å²) >= 11 is 0. The van der Waals surface area contributed by atoms with E-state index in [0.717, 1.165) is 36.6 Å². The number of rotatable bonds is 11. The molecule has 0 amide bonds. The first-order valence-corrected chi connectivity index (χ1v) is 10.5. The summed E-state index contributed by atoms with van der Waals surface area (Å²) in [6, 6.07) is 5.55. The maximum absolute atomic E-state index is 12.7. The molecule has 5 nitrogen and oxygen atoms in total. The summed E-state index contributed by atoms with van der Waals surface area (Å²) in [4.78, 5) is 15.8. The zero-order valence-electron chi connectivity index (χ0n) is 18.2. The molecule has 5 heteroatoms. The second kappa shape index (κ2) is 10.2. The number of hydrogen-bond donors (Lipinski definition) is 3. The minimum absolute atomic E-state index is 0.143. The first kappa shape index (κ1) is 22.6. The number of allylic oxidation sites excluding steroid dienone is 3. The quantitative estimate of drug-likeness (QED) is 0.195. The molecule has 2 atom stereocenters. The van der Waals surface area contributed by atoms with Gasteiger partial charge in [-0.15, -0.1) is 0 Å². The lowest BCUT2D eigenvalue weighted by Gasteiger charge is -2.21. The van der Waals surface area contributed by atoms with E-state index in [-0.39, 0.29) is 11.9 Å². The van der Waals surface area contributed by atoms with Crippen molar-refractivity contribution in [3.05, 3.63) is 47.8 Å². The number of nitrogens with two attached hydrogens (primary N) is 2. The number of aromatic amines is 1. The van der Waals surface area contributed by atoms with E-state index in [1.165, 1.54) is 12.5 Å². The second-order valence-corrected chi connectivity index (χ2v) is 7.91. The van der Waals surface area contributed by atoms with E-state index in [1.54, 1.807) is 6.92 Å². The highest BCUT2D eigenvalue weighted by Gasteiger charge is 2.17. The summed E-state index contributed by atoms with van der Waals surface area (Å²) in [7, 11) is 0. The summed E-state index contributed by atoms with van der Waals surface area (Å²) in [5, 5.41) is 0.882. The number of benzene rings is 1. The van der Waals surface area contributed by atoms with Crippen molar-refractivity contribution in [2.45, 2.75) is 65.9 Å².